The van der Waals surface area contributed by atoms with Crippen molar-refractivity contribution in [1.82, 2.24) is 25.6 Å². The second kappa shape index (κ2) is 19.9. The van der Waals surface area contributed by atoms with Gasteiger partial charge < -0.3 is 16.4 Å². The van der Waals surface area contributed by atoms with Gasteiger partial charge in [0.2, 0.25) is 11.6 Å². The molecule has 1 aliphatic carbocycles. The van der Waals surface area contributed by atoms with Gasteiger partial charge in [0.1, 0.15) is 11.5 Å². The normalized spacial score (nSPS) is 18.3. The zero-order valence-corrected chi connectivity index (χ0v) is 26.0. The van der Waals surface area contributed by atoms with Crippen molar-refractivity contribution in [1.29, 1.82) is 0.594 Å². The van der Waals surface area contributed by atoms with E-state index in [1.807, 2.05) is 0 Å². The standard InChI is InChI=1S/C26H45FN6O3.H2IS/c1-20(34)21(12-7-9-17-28)30-18-10-11-19-33-22-13-4-3-8-16-26(27,25(22)31-32-33)23(35)14-5-6-15-24(36)29-2;1-2/h21,30H,3-19,28H2,1-2H3,(H,29,36);1-2H/q;-1/t21-,26?;/m0./s1/i;1D. The fourth-order valence-corrected chi connectivity index (χ4v) is 4.79. The van der Waals surface area contributed by atoms with Crippen LogP contribution in [0.25, 0.3) is 0 Å². The van der Waals surface area contributed by atoms with Gasteiger partial charge in [-0.05, 0) is 84.2 Å². The SMILES string of the molecule is CNC(=O)CCCCC(=O)C1(F)CCCCCc2c1nnn2CCCCN[C@@H](CCCCN)C(C)=O.[2H][I-]S. The van der Waals surface area contributed by atoms with Crippen molar-refractivity contribution in [3.63, 3.8) is 0 Å². The number of halogens is 2. The molecule has 1 unspecified atom stereocenters. The van der Waals surface area contributed by atoms with E-state index in [-0.39, 0.29) is 36.3 Å². The number of aryl methyl sites for hydroxylation is 1. The Balaban J connectivity index is 0.00000242. The van der Waals surface area contributed by atoms with Gasteiger partial charge in [-0.2, -0.15) is 0 Å². The van der Waals surface area contributed by atoms with Crippen molar-refractivity contribution in [2.24, 2.45) is 5.73 Å². The summed E-state index contributed by atoms with van der Waals surface area (Å²) in [6.45, 7) is 3.56. The van der Waals surface area contributed by atoms with Crippen LogP contribution < -0.4 is 37.4 Å². The first-order valence-corrected chi connectivity index (χ1v) is 17.0. The molecule has 4 N–H and O–H groups in total. The Labute approximate surface area is 244 Å². The van der Waals surface area contributed by atoms with Crippen LogP contribution in [0.15, 0.2) is 0 Å². The third-order valence-corrected chi connectivity index (χ3v) is 7.05. The molecule has 0 bridgehead atoms. The average molecular weight is 671 g/mol. The molecule has 1 aromatic heterocycles. The predicted molar refractivity (Wildman–Crippen MR) is 148 cm³/mol. The van der Waals surface area contributed by atoms with Gasteiger partial charge in [0, 0.05) is 26.4 Å². The molecule has 0 fully saturated rings. The molecule has 2 atom stereocenters. The van der Waals surface area contributed by atoms with Crippen molar-refractivity contribution >= 4 is 27.3 Å². The fourth-order valence-electron chi connectivity index (χ4n) is 4.79. The zero-order chi connectivity index (χ0) is 29.1. The molecule has 0 spiro atoms. The van der Waals surface area contributed by atoms with Crippen LogP contribution in [0, 0.1) is 0 Å². The summed E-state index contributed by atoms with van der Waals surface area (Å²) in [5.41, 5.74) is 4.35. The number of Topliss-reactive ketones (excluding diaryl/α,β-unsaturated/α-hetero) is 2. The number of hydrogen-bond donors (Lipinski definition) is 4. The van der Waals surface area contributed by atoms with Gasteiger partial charge in [-0.1, -0.05) is 18.1 Å². The number of fused-ring (bicyclic) bond motifs is 1. The number of hydrogen-bond acceptors (Lipinski definition) is 8. The molecule has 1 aliphatic rings. The van der Waals surface area contributed by atoms with Crippen molar-refractivity contribution in [3.8, 4) is 0 Å². The molecule has 1 heterocycles. The number of carbonyl (C=O) groups excluding carboxylic acids is 3. The summed E-state index contributed by atoms with van der Waals surface area (Å²) in [6.07, 6.45) is 8.95. The van der Waals surface area contributed by atoms with Crippen molar-refractivity contribution < 1.29 is 39.8 Å². The maximum atomic E-state index is 16.2. The zero-order valence-electron chi connectivity index (χ0n) is 23.9. The first-order valence-electron chi connectivity index (χ1n) is 14.2. The summed E-state index contributed by atoms with van der Waals surface area (Å²) in [4.78, 5) is 36.2. The van der Waals surface area contributed by atoms with Crippen LogP contribution in [0.3, 0.4) is 0 Å². The van der Waals surface area contributed by atoms with Crippen LogP contribution in [0.1, 0.15) is 102 Å². The van der Waals surface area contributed by atoms with Crippen LogP contribution in [-0.2, 0) is 33.0 Å². The molecule has 12 heteroatoms. The first-order chi connectivity index (χ1) is 18.7. The molecule has 1 amide bonds. The minimum atomic E-state index is -2.11. The summed E-state index contributed by atoms with van der Waals surface area (Å²) in [7, 11) is 5.14. The van der Waals surface area contributed by atoms with E-state index >= 15 is 4.39 Å². The number of nitrogens with two attached hydrogens (primary N) is 1. The Morgan fingerprint density at radius 2 is 1.92 bits per heavy atom. The molecule has 38 heavy (non-hydrogen) atoms. The van der Waals surface area contributed by atoms with Gasteiger partial charge >= 0.3 is 31.4 Å². The minimum absolute atomic E-state index is 0.0767. The molecular weight excluding hydrogens is 622 g/mol. The maximum absolute atomic E-state index is 16.2. The molecule has 0 saturated carbocycles. The van der Waals surface area contributed by atoms with Crippen LogP contribution in [0.4, 0.5) is 4.39 Å². The Kier molecular flexibility index (Phi) is 17.3. The summed E-state index contributed by atoms with van der Waals surface area (Å²) in [5.74, 6) is -0.391. The van der Waals surface area contributed by atoms with Gasteiger partial charge in [-0.25, -0.2) is 9.07 Å². The van der Waals surface area contributed by atoms with Crippen LogP contribution >= 0.6 is 9.80 Å². The fraction of sp³-hybridized carbons (Fsp3) is 0.808. The van der Waals surface area contributed by atoms with Gasteiger partial charge in [-0.3, -0.25) is 14.4 Å². The van der Waals surface area contributed by atoms with E-state index in [0.29, 0.717) is 51.7 Å². The monoisotopic (exact) mass is 670 g/mol. The van der Waals surface area contributed by atoms with E-state index in [0.717, 1.165) is 50.6 Å². The topological polar surface area (TPSA) is 132 Å². The molecule has 0 radical (unpaired) electrons. The van der Waals surface area contributed by atoms with Gasteiger partial charge in [0.15, 0.2) is 5.78 Å². The van der Waals surface area contributed by atoms with E-state index < -0.39 is 32.5 Å². The third kappa shape index (κ3) is 11.5. The van der Waals surface area contributed by atoms with Gasteiger partial charge in [0.25, 0.3) is 0 Å². The Bertz CT molecular complexity index is 881. The van der Waals surface area contributed by atoms with E-state index in [9.17, 15) is 14.4 Å². The average Bonchev–Trinajstić information content (AvgIpc) is 3.30. The van der Waals surface area contributed by atoms with Gasteiger partial charge in [-0.15, -0.1) is 5.10 Å². The number of nitrogens with one attached hydrogen (secondary N) is 2. The van der Waals surface area contributed by atoms with Crippen LogP contribution in [-0.4, -0.2) is 59.2 Å². The van der Waals surface area contributed by atoms with Crippen LogP contribution in [0.2, 0.25) is 0 Å². The molecule has 2 rings (SSSR count). The molecule has 220 valence electrons. The third-order valence-electron chi connectivity index (χ3n) is 7.05. The molecule has 0 aromatic carbocycles. The molecule has 9 nitrogen and oxygen atoms in total. The van der Waals surface area contributed by atoms with Crippen molar-refractivity contribution in [2.75, 3.05) is 20.1 Å². The molecule has 1 aromatic rings. The number of aromatic nitrogens is 3. The Morgan fingerprint density at radius 3 is 2.61 bits per heavy atom. The Morgan fingerprint density at radius 1 is 1.18 bits per heavy atom. The van der Waals surface area contributed by atoms with E-state index in [1.165, 1.54) is 0 Å². The van der Waals surface area contributed by atoms with E-state index in [2.05, 4.69) is 30.7 Å². The molecular formula is C26H47FIN6O3S-. The van der Waals surface area contributed by atoms with Crippen LogP contribution in [0.5, 0.6) is 0 Å². The number of carbonyl (C=O) groups is 3. The summed E-state index contributed by atoms with van der Waals surface area (Å²) in [6, 6.07) is -0.141. The molecule has 0 saturated heterocycles. The number of nitrogens with zero attached hydrogens (tertiary/aromatic N) is 3. The second-order valence-electron chi connectivity index (χ2n) is 9.88. The summed E-state index contributed by atoms with van der Waals surface area (Å²) >= 11 is -0.466. The van der Waals surface area contributed by atoms with E-state index in [1.54, 1.807) is 18.7 Å². The number of rotatable bonds is 17. The summed E-state index contributed by atoms with van der Waals surface area (Å²) < 4.78 is 24.1. The summed E-state index contributed by atoms with van der Waals surface area (Å²) in [5, 5.41) is 14.3. The first kappa shape index (κ1) is 33.1. The van der Waals surface area contributed by atoms with Crippen molar-refractivity contribution in [3.05, 3.63) is 11.4 Å². The second-order valence-corrected chi connectivity index (χ2v) is 9.88. The van der Waals surface area contributed by atoms with E-state index in [4.69, 9.17) is 6.33 Å². The Hall–Kier alpha value is -1.12. The number of alkyl halides is 1. The predicted octanol–water partition coefficient (Wildman–Crippen LogP) is 0.00810. The number of unbranched alkanes of at least 4 members (excludes halogenated alkanes) is 3. The van der Waals surface area contributed by atoms with Crippen molar-refractivity contribution in [2.45, 2.75) is 115 Å². The number of thiol groups is 1. The molecule has 0 aliphatic heterocycles. The number of amides is 1. The van der Waals surface area contributed by atoms with Gasteiger partial charge in [0.05, 0.1) is 11.7 Å². The quantitative estimate of drug-likeness (QED) is 0.104. The number of ketones is 2.